The van der Waals surface area contributed by atoms with Crippen LogP contribution < -0.4 is 17.0 Å². The van der Waals surface area contributed by atoms with Gasteiger partial charge in [-0.05, 0) is 24.6 Å². The Morgan fingerprint density at radius 3 is 2.88 bits per heavy atom. The highest BCUT2D eigenvalue weighted by Crippen LogP contribution is 2.27. The van der Waals surface area contributed by atoms with E-state index < -0.39 is 0 Å². The molecule has 0 aliphatic heterocycles. The van der Waals surface area contributed by atoms with E-state index >= 15 is 0 Å². The van der Waals surface area contributed by atoms with Gasteiger partial charge in [-0.2, -0.15) is 0 Å². The molecule has 1 rings (SSSR count). The molecular formula is C11H17N3OS. The molecule has 0 spiro atoms. The second-order valence-corrected chi connectivity index (χ2v) is 4.75. The summed E-state index contributed by atoms with van der Waals surface area (Å²) in [6, 6.07) is 5.79. The summed E-state index contributed by atoms with van der Waals surface area (Å²) in [6.45, 7) is 3.82. The Kier molecular flexibility index (Phi) is 4.64. The number of carbonyl (C=O) groups is 1. The molecule has 16 heavy (non-hydrogen) atoms. The summed E-state index contributed by atoms with van der Waals surface area (Å²) in [5.41, 5.74) is 9.79. The first-order valence-electron chi connectivity index (χ1n) is 5.04. The zero-order chi connectivity index (χ0) is 12.1. The minimum absolute atomic E-state index is 0.115. The maximum atomic E-state index is 11.2. The summed E-state index contributed by atoms with van der Waals surface area (Å²) in [6.07, 6.45) is 0. The SMILES string of the molecule is Cc1c(N)cccc1SCC(C)C(=O)NN. The van der Waals surface area contributed by atoms with Gasteiger partial charge in [0.25, 0.3) is 0 Å². The average Bonchev–Trinajstić information content (AvgIpc) is 2.29. The van der Waals surface area contributed by atoms with Crippen molar-refractivity contribution in [1.82, 2.24) is 5.43 Å². The molecule has 0 aromatic heterocycles. The van der Waals surface area contributed by atoms with Crippen molar-refractivity contribution in [3.8, 4) is 0 Å². The number of carbonyl (C=O) groups excluding carboxylic acids is 1. The van der Waals surface area contributed by atoms with E-state index in [1.807, 2.05) is 32.0 Å². The van der Waals surface area contributed by atoms with Gasteiger partial charge in [0.2, 0.25) is 5.91 Å². The summed E-state index contributed by atoms with van der Waals surface area (Å²) in [5, 5.41) is 0. The van der Waals surface area contributed by atoms with Crippen LogP contribution in [0, 0.1) is 12.8 Å². The highest BCUT2D eigenvalue weighted by atomic mass is 32.2. The van der Waals surface area contributed by atoms with Crippen LogP contribution in [0.3, 0.4) is 0 Å². The van der Waals surface area contributed by atoms with Gasteiger partial charge in [-0.25, -0.2) is 5.84 Å². The third-order valence-electron chi connectivity index (χ3n) is 2.40. The Labute approximate surface area is 99.7 Å². The van der Waals surface area contributed by atoms with Gasteiger partial charge < -0.3 is 5.73 Å². The summed E-state index contributed by atoms with van der Waals surface area (Å²) in [4.78, 5) is 12.3. The summed E-state index contributed by atoms with van der Waals surface area (Å²) >= 11 is 1.62. The van der Waals surface area contributed by atoms with E-state index in [0.717, 1.165) is 16.1 Å². The van der Waals surface area contributed by atoms with Gasteiger partial charge in [-0.15, -0.1) is 11.8 Å². The van der Waals surface area contributed by atoms with Crippen LogP contribution in [0.15, 0.2) is 23.1 Å². The molecule has 0 bridgehead atoms. The summed E-state index contributed by atoms with van der Waals surface area (Å²) < 4.78 is 0. The molecule has 1 aromatic carbocycles. The second kappa shape index (κ2) is 5.77. The molecule has 0 radical (unpaired) electrons. The lowest BCUT2D eigenvalue weighted by molar-refractivity contribution is -0.123. The molecule has 4 nitrogen and oxygen atoms in total. The number of benzene rings is 1. The predicted molar refractivity (Wildman–Crippen MR) is 67.8 cm³/mol. The Bertz CT molecular complexity index is 381. The summed E-state index contributed by atoms with van der Waals surface area (Å²) in [5.74, 6) is 5.50. The van der Waals surface area contributed by atoms with Crippen LogP contribution >= 0.6 is 11.8 Å². The van der Waals surface area contributed by atoms with Gasteiger partial charge in [0.15, 0.2) is 0 Å². The quantitative estimate of drug-likeness (QED) is 0.243. The highest BCUT2D eigenvalue weighted by Gasteiger charge is 2.12. The van der Waals surface area contributed by atoms with Gasteiger partial charge >= 0.3 is 0 Å². The molecule has 0 saturated heterocycles. The third kappa shape index (κ3) is 3.15. The van der Waals surface area contributed by atoms with Gasteiger partial charge in [-0.1, -0.05) is 13.0 Å². The highest BCUT2D eigenvalue weighted by molar-refractivity contribution is 7.99. The topological polar surface area (TPSA) is 81.1 Å². The van der Waals surface area contributed by atoms with Crippen molar-refractivity contribution in [3.05, 3.63) is 23.8 Å². The van der Waals surface area contributed by atoms with E-state index in [-0.39, 0.29) is 11.8 Å². The molecule has 1 amide bonds. The molecule has 5 heteroatoms. The maximum absolute atomic E-state index is 11.2. The molecule has 0 aliphatic rings. The average molecular weight is 239 g/mol. The minimum atomic E-state index is -0.144. The smallest absolute Gasteiger partial charge is 0.237 e. The maximum Gasteiger partial charge on any atom is 0.237 e. The monoisotopic (exact) mass is 239 g/mol. The Hall–Kier alpha value is -1.20. The van der Waals surface area contributed by atoms with E-state index in [0.29, 0.717) is 5.75 Å². The van der Waals surface area contributed by atoms with Crippen LogP contribution in [0.1, 0.15) is 12.5 Å². The Balaban J connectivity index is 2.61. The van der Waals surface area contributed by atoms with Crippen LogP contribution in [0.4, 0.5) is 5.69 Å². The number of hydrogen-bond acceptors (Lipinski definition) is 4. The second-order valence-electron chi connectivity index (χ2n) is 3.69. The molecule has 88 valence electrons. The van der Waals surface area contributed by atoms with Gasteiger partial charge in [0.05, 0.1) is 0 Å². The fraction of sp³-hybridized carbons (Fsp3) is 0.364. The predicted octanol–water partition coefficient (Wildman–Crippen LogP) is 1.30. The number of rotatable bonds is 4. The van der Waals surface area contributed by atoms with Crippen molar-refractivity contribution in [2.75, 3.05) is 11.5 Å². The Morgan fingerprint density at radius 2 is 2.25 bits per heavy atom. The number of hydrazine groups is 1. The van der Waals surface area contributed by atoms with E-state index in [1.165, 1.54) is 0 Å². The number of anilines is 1. The van der Waals surface area contributed by atoms with Crippen molar-refractivity contribution < 1.29 is 4.79 Å². The number of nitrogens with one attached hydrogen (secondary N) is 1. The largest absolute Gasteiger partial charge is 0.398 e. The molecule has 0 saturated carbocycles. The van der Waals surface area contributed by atoms with E-state index in [1.54, 1.807) is 11.8 Å². The van der Waals surface area contributed by atoms with Crippen molar-refractivity contribution in [3.63, 3.8) is 0 Å². The number of nitrogens with two attached hydrogens (primary N) is 2. The third-order valence-corrected chi connectivity index (χ3v) is 3.82. The van der Waals surface area contributed by atoms with Crippen molar-refractivity contribution >= 4 is 23.4 Å². The first kappa shape index (κ1) is 12.9. The molecule has 0 aliphatic carbocycles. The lowest BCUT2D eigenvalue weighted by atomic mass is 10.2. The van der Waals surface area contributed by atoms with Crippen molar-refractivity contribution in [1.29, 1.82) is 0 Å². The number of hydrogen-bond donors (Lipinski definition) is 3. The van der Waals surface area contributed by atoms with Gasteiger partial charge in [-0.3, -0.25) is 10.2 Å². The van der Waals surface area contributed by atoms with E-state index in [9.17, 15) is 4.79 Å². The number of thioether (sulfide) groups is 1. The zero-order valence-corrected chi connectivity index (χ0v) is 10.3. The number of nitrogen functional groups attached to an aromatic ring is 1. The molecule has 5 N–H and O–H groups in total. The molecule has 0 heterocycles. The van der Waals surface area contributed by atoms with E-state index in [2.05, 4.69) is 5.43 Å². The van der Waals surface area contributed by atoms with Crippen molar-refractivity contribution in [2.45, 2.75) is 18.7 Å². The summed E-state index contributed by atoms with van der Waals surface area (Å²) in [7, 11) is 0. The molecule has 0 fully saturated rings. The fourth-order valence-corrected chi connectivity index (χ4v) is 2.31. The first-order valence-corrected chi connectivity index (χ1v) is 6.03. The normalized spacial score (nSPS) is 12.2. The first-order chi connectivity index (χ1) is 7.56. The Morgan fingerprint density at radius 1 is 1.56 bits per heavy atom. The van der Waals surface area contributed by atoms with Crippen molar-refractivity contribution in [2.24, 2.45) is 11.8 Å². The lowest BCUT2D eigenvalue weighted by Gasteiger charge is -2.11. The fourth-order valence-electron chi connectivity index (χ4n) is 1.22. The number of amides is 1. The van der Waals surface area contributed by atoms with Crippen LogP contribution in [-0.4, -0.2) is 11.7 Å². The zero-order valence-electron chi connectivity index (χ0n) is 9.49. The molecule has 1 unspecified atom stereocenters. The van der Waals surface area contributed by atoms with Crippen LogP contribution in [0.2, 0.25) is 0 Å². The van der Waals surface area contributed by atoms with Gasteiger partial charge in [0, 0.05) is 22.3 Å². The molecule has 1 atom stereocenters. The lowest BCUT2D eigenvalue weighted by Crippen LogP contribution is -2.35. The van der Waals surface area contributed by atoms with E-state index in [4.69, 9.17) is 11.6 Å². The van der Waals surface area contributed by atoms with Gasteiger partial charge in [0.1, 0.15) is 0 Å². The molecule has 1 aromatic rings. The van der Waals surface area contributed by atoms with Crippen LogP contribution in [0.5, 0.6) is 0 Å². The molecular weight excluding hydrogens is 222 g/mol. The van der Waals surface area contributed by atoms with Crippen LogP contribution in [-0.2, 0) is 4.79 Å². The minimum Gasteiger partial charge on any atom is -0.398 e. The standard InChI is InChI=1S/C11H17N3OS/c1-7(11(15)14-13)6-16-10-5-3-4-9(12)8(10)2/h3-5,7H,6,12-13H2,1-2H3,(H,14,15). The van der Waals surface area contributed by atoms with Crippen LogP contribution in [0.25, 0.3) is 0 Å².